The molecule has 2 aliphatic rings. The normalized spacial score (nSPS) is 18.8. The molecule has 3 heterocycles. The van der Waals surface area contributed by atoms with Gasteiger partial charge >= 0.3 is 0 Å². The van der Waals surface area contributed by atoms with Gasteiger partial charge in [-0.15, -0.1) is 0 Å². The number of anilines is 1. The van der Waals surface area contributed by atoms with Gasteiger partial charge in [-0.25, -0.2) is 4.98 Å². The number of fused-ring (bicyclic) bond motifs is 1. The zero-order valence-corrected chi connectivity index (χ0v) is 15.5. The second-order valence-corrected chi connectivity index (χ2v) is 7.12. The van der Waals surface area contributed by atoms with Crippen molar-refractivity contribution in [1.82, 2.24) is 15.2 Å². The summed E-state index contributed by atoms with van der Waals surface area (Å²) in [6, 6.07) is 11.8. The van der Waals surface area contributed by atoms with Gasteiger partial charge in [-0.3, -0.25) is 14.4 Å². The number of aryl methyl sites for hydroxylation is 1. The SMILES string of the molecule is O=C(NC1CCc2ccccc2NC1=O)c1cccc(C(=O)N2CCCC2)n1. The van der Waals surface area contributed by atoms with E-state index in [4.69, 9.17) is 0 Å². The quantitative estimate of drug-likeness (QED) is 0.855. The monoisotopic (exact) mass is 378 g/mol. The number of amides is 3. The van der Waals surface area contributed by atoms with Crippen LogP contribution in [0.1, 0.15) is 45.8 Å². The lowest BCUT2D eigenvalue weighted by Gasteiger charge is -2.16. The van der Waals surface area contributed by atoms with Crippen LogP contribution in [0.5, 0.6) is 0 Å². The predicted molar refractivity (Wildman–Crippen MR) is 104 cm³/mol. The number of hydrogen-bond donors (Lipinski definition) is 2. The Hall–Kier alpha value is -3.22. The standard InChI is InChI=1S/C21H22N4O3/c26-19(16-8-5-9-18(22-16)21(28)25-12-3-4-13-25)24-17-11-10-14-6-1-2-7-15(14)23-20(17)27/h1-2,5-9,17H,3-4,10-13H2,(H,23,27)(H,24,26). The molecule has 1 aromatic heterocycles. The highest BCUT2D eigenvalue weighted by Gasteiger charge is 2.26. The Morgan fingerprint density at radius 2 is 1.79 bits per heavy atom. The van der Waals surface area contributed by atoms with E-state index in [0.717, 1.165) is 37.2 Å². The summed E-state index contributed by atoms with van der Waals surface area (Å²) in [5.41, 5.74) is 2.22. The van der Waals surface area contributed by atoms with Crippen LogP contribution in [0.3, 0.4) is 0 Å². The number of nitrogens with zero attached hydrogens (tertiary/aromatic N) is 2. The second-order valence-electron chi connectivity index (χ2n) is 7.12. The first-order valence-electron chi connectivity index (χ1n) is 9.58. The van der Waals surface area contributed by atoms with Crippen LogP contribution in [-0.2, 0) is 11.2 Å². The molecule has 0 saturated carbocycles. The summed E-state index contributed by atoms with van der Waals surface area (Å²) in [7, 11) is 0. The third-order valence-electron chi connectivity index (χ3n) is 5.19. The van der Waals surface area contributed by atoms with Gasteiger partial charge in [-0.1, -0.05) is 24.3 Å². The van der Waals surface area contributed by atoms with Crippen molar-refractivity contribution in [2.45, 2.75) is 31.7 Å². The molecule has 3 amide bonds. The van der Waals surface area contributed by atoms with Crippen molar-refractivity contribution >= 4 is 23.4 Å². The lowest BCUT2D eigenvalue weighted by atomic mass is 10.1. The number of para-hydroxylation sites is 1. The van der Waals surface area contributed by atoms with E-state index in [1.807, 2.05) is 24.3 Å². The number of pyridine rings is 1. The maximum atomic E-state index is 12.7. The van der Waals surface area contributed by atoms with E-state index >= 15 is 0 Å². The van der Waals surface area contributed by atoms with Crippen molar-refractivity contribution in [2.24, 2.45) is 0 Å². The minimum Gasteiger partial charge on any atom is -0.339 e. The van der Waals surface area contributed by atoms with Crippen molar-refractivity contribution in [3.8, 4) is 0 Å². The molecule has 1 aromatic carbocycles. The third-order valence-corrected chi connectivity index (χ3v) is 5.19. The first-order valence-corrected chi connectivity index (χ1v) is 9.58. The maximum absolute atomic E-state index is 12.7. The minimum absolute atomic E-state index is 0.139. The van der Waals surface area contributed by atoms with Crippen LogP contribution in [0, 0.1) is 0 Å². The molecule has 0 radical (unpaired) electrons. The van der Waals surface area contributed by atoms with Crippen molar-refractivity contribution in [3.63, 3.8) is 0 Å². The highest BCUT2D eigenvalue weighted by atomic mass is 16.2. The van der Waals surface area contributed by atoms with Crippen molar-refractivity contribution in [3.05, 3.63) is 59.4 Å². The van der Waals surface area contributed by atoms with Crippen molar-refractivity contribution < 1.29 is 14.4 Å². The van der Waals surface area contributed by atoms with Crippen LogP contribution in [-0.4, -0.2) is 46.7 Å². The summed E-state index contributed by atoms with van der Waals surface area (Å²) >= 11 is 0. The van der Waals surface area contributed by atoms with E-state index in [1.165, 1.54) is 0 Å². The molecule has 0 aliphatic carbocycles. The molecule has 7 heteroatoms. The van der Waals surface area contributed by atoms with Gasteiger partial charge in [-0.05, 0) is 49.4 Å². The lowest BCUT2D eigenvalue weighted by Crippen LogP contribution is -2.43. The topological polar surface area (TPSA) is 91.4 Å². The second kappa shape index (κ2) is 7.80. The summed E-state index contributed by atoms with van der Waals surface area (Å²) in [6.07, 6.45) is 3.16. The Kier molecular flexibility index (Phi) is 5.06. The molecular weight excluding hydrogens is 356 g/mol. The van der Waals surface area contributed by atoms with Gasteiger partial charge < -0.3 is 15.5 Å². The van der Waals surface area contributed by atoms with Gasteiger partial charge in [0.05, 0.1) is 0 Å². The van der Waals surface area contributed by atoms with E-state index in [9.17, 15) is 14.4 Å². The molecule has 1 atom stereocenters. The number of benzene rings is 1. The van der Waals surface area contributed by atoms with Crippen LogP contribution in [0.2, 0.25) is 0 Å². The highest BCUT2D eigenvalue weighted by molar-refractivity contribution is 6.02. The Labute approximate surface area is 163 Å². The van der Waals surface area contributed by atoms with Crippen LogP contribution < -0.4 is 10.6 Å². The molecule has 1 fully saturated rings. The fourth-order valence-electron chi connectivity index (χ4n) is 3.64. The van der Waals surface area contributed by atoms with Crippen molar-refractivity contribution in [2.75, 3.05) is 18.4 Å². The molecule has 2 N–H and O–H groups in total. The smallest absolute Gasteiger partial charge is 0.272 e. The molecular formula is C21H22N4O3. The predicted octanol–water partition coefficient (Wildman–Crippen LogP) is 2.00. The molecule has 1 unspecified atom stereocenters. The maximum Gasteiger partial charge on any atom is 0.272 e. The van der Waals surface area contributed by atoms with Gasteiger partial charge in [0, 0.05) is 18.8 Å². The van der Waals surface area contributed by atoms with E-state index in [2.05, 4.69) is 15.6 Å². The molecule has 1 saturated heterocycles. The van der Waals surface area contributed by atoms with E-state index in [-0.39, 0.29) is 23.2 Å². The first-order chi connectivity index (χ1) is 13.6. The van der Waals surface area contributed by atoms with Gasteiger partial charge in [-0.2, -0.15) is 0 Å². The van der Waals surface area contributed by atoms with Gasteiger partial charge in [0.15, 0.2) is 0 Å². The third kappa shape index (κ3) is 3.74. The average molecular weight is 378 g/mol. The fraction of sp³-hybridized carbons (Fsp3) is 0.333. The fourth-order valence-corrected chi connectivity index (χ4v) is 3.64. The Morgan fingerprint density at radius 1 is 1.04 bits per heavy atom. The molecule has 144 valence electrons. The largest absolute Gasteiger partial charge is 0.339 e. The van der Waals surface area contributed by atoms with Crippen LogP contribution in [0.25, 0.3) is 0 Å². The Morgan fingerprint density at radius 3 is 2.61 bits per heavy atom. The molecule has 0 bridgehead atoms. The van der Waals surface area contributed by atoms with E-state index < -0.39 is 11.9 Å². The molecule has 4 rings (SSSR count). The first kappa shape index (κ1) is 18.2. The molecule has 0 spiro atoms. The molecule has 2 aromatic rings. The zero-order chi connectivity index (χ0) is 19.5. The summed E-state index contributed by atoms with van der Waals surface area (Å²) in [4.78, 5) is 43.6. The Bertz CT molecular complexity index is 921. The molecule has 28 heavy (non-hydrogen) atoms. The number of hydrogen-bond acceptors (Lipinski definition) is 4. The summed E-state index contributed by atoms with van der Waals surface area (Å²) in [6.45, 7) is 1.44. The molecule has 2 aliphatic heterocycles. The van der Waals surface area contributed by atoms with Crippen molar-refractivity contribution in [1.29, 1.82) is 0 Å². The van der Waals surface area contributed by atoms with E-state index in [1.54, 1.807) is 23.1 Å². The van der Waals surface area contributed by atoms with E-state index in [0.29, 0.717) is 12.8 Å². The Balaban J connectivity index is 1.46. The number of rotatable bonds is 3. The lowest BCUT2D eigenvalue weighted by molar-refractivity contribution is -0.118. The van der Waals surface area contributed by atoms with Crippen LogP contribution >= 0.6 is 0 Å². The average Bonchev–Trinajstić information content (AvgIpc) is 3.21. The number of aromatic nitrogens is 1. The van der Waals surface area contributed by atoms with Gasteiger partial charge in [0.1, 0.15) is 17.4 Å². The minimum atomic E-state index is -0.653. The zero-order valence-electron chi connectivity index (χ0n) is 15.5. The van der Waals surface area contributed by atoms with Crippen LogP contribution in [0.4, 0.5) is 5.69 Å². The molecule has 7 nitrogen and oxygen atoms in total. The van der Waals surface area contributed by atoms with Crippen LogP contribution in [0.15, 0.2) is 42.5 Å². The summed E-state index contributed by atoms with van der Waals surface area (Å²) in [5, 5.41) is 5.62. The van der Waals surface area contributed by atoms with Gasteiger partial charge in [0.25, 0.3) is 11.8 Å². The van der Waals surface area contributed by atoms with Gasteiger partial charge in [0.2, 0.25) is 5.91 Å². The summed E-state index contributed by atoms with van der Waals surface area (Å²) in [5.74, 6) is -0.861. The number of likely N-dealkylation sites (tertiary alicyclic amines) is 1. The summed E-state index contributed by atoms with van der Waals surface area (Å²) < 4.78 is 0. The highest BCUT2D eigenvalue weighted by Crippen LogP contribution is 2.21. The number of carbonyl (C=O) groups excluding carboxylic acids is 3. The number of carbonyl (C=O) groups is 3. The number of nitrogens with one attached hydrogen (secondary N) is 2.